The maximum Gasteiger partial charge on any atom is 0.130 e. The van der Waals surface area contributed by atoms with Crippen molar-refractivity contribution in [1.82, 2.24) is 0 Å². The van der Waals surface area contributed by atoms with Crippen LogP contribution in [0.25, 0.3) is 0 Å². The smallest absolute Gasteiger partial charge is 0.130 e. The van der Waals surface area contributed by atoms with Gasteiger partial charge in [-0.1, -0.05) is 26.8 Å². The molecule has 1 aromatic rings. The molecule has 2 atom stereocenters. The van der Waals surface area contributed by atoms with E-state index in [1.807, 2.05) is 0 Å². The Morgan fingerprint density at radius 1 is 0.903 bits per heavy atom. The van der Waals surface area contributed by atoms with Crippen molar-refractivity contribution in [2.75, 3.05) is 26.4 Å². The maximum absolute atomic E-state index is 6.70. The Balaban J connectivity index is 1.44. The van der Waals surface area contributed by atoms with Crippen molar-refractivity contribution >= 4 is 0 Å². The highest BCUT2D eigenvalue weighted by Gasteiger charge is 2.53. The van der Waals surface area contributed by atoms with Gasteiger partial charge in [-0.25, -0.2) is 0 Å². The molecule has 4 heteroatoms. The van der Waals surface area contributed by atoms with Crippen LogP contribution < -0.4 is 9.47 Å². The molecule has 6 aliphatic rings. The van der Waals surface area contributed by atoms with Crippen molar-refractivity contribution in [3.05, 3.63) is 23.3 Å². The minimum absolute atomic E-state index is 0.0161. The summed E-state index contributed by atoms with van der Waals surface area (Å²) in [6.45, 7) is 9.89. The third-order valence-electron chi connectivity index (χ3n) is 8.93. The predicted octanol–water partition coefficient (Wildman–Crippen LogP) is 5.40. The van der Waals surface area contributed by atoms with Gasteiger partial charge in [0.2, 0.25) is 0 Å². The second kappa shape index (κ2) is 7.38. The lowest BCUT2D eigenvalue weighted by Crippen LogP contribution is -2.48. The number of epoxide rings is 2. The molecule has 1 aromatic carbocycles. The van der Waals surface area contributed by atoms with E-state index in [0.717, 1.165) is 48.9 Å². The fraction of sp³-hybridized carbons (Fsp3) is 0.778. The molecule has 2 saturated heterocycles. The van der Waals surface area contributed by atoms with Crippen LogP contribution in [0.4, 0.5) is 0 Å². The van der Waals surface area contributed by atoms with E-state index in [1.165, 1.54) is 49.7 Å². The van der Waals surface area contributed by atoms with Crippen molar-refractivity contribution in [3.8, 4) is 11.5 Å². The van der Waals surface area contributed by atoms with Gasteiger partial charge in [0.1, 0.15) is 36.9 Å². The Hall–Kier alpha value is -1.26. The van der Waals surface area contributed by atoms with Crippen LogP contribution in [-0.2, 0) is 20.3 Å². The summed E-state index contributed by atoms with van der Waals surface area (Å²) in [6.07, 6.45) is 9.97. The van der Waals surface area contributed by atoms with Gasteiger partial charge in [0, 0.05) is 11.1 Å². The fourth-order valence-electron chi connectivity index (χ4n) is 7.20. The first-order chi connectivity index (χ1) is 15.0. The van der Waals surface area contributed by atoms with Crippen LogP contribution in [0.1, 0.15) is 76.8 Å². The van der Waals surface area contributed by atoms with Gasteiger partial charge in [0.25, 0.3) is 0 Å². The van der Waals surface area contributed by atoms with Crippen molar-refractivity contribution in [3.63, 3.8) is 0 Å². The number of hydrogen-bond donors (Lipinski definition) is 0. The SMILES string of the molecule is CCC(C)(C)c1c(OCC2CO2)ccc(C23CC4CC(CC(C4)C2)C3)c1OCC1CO1. The van der Waals surface area contributed by atoms with Crippen LogP contribution in [0.2, 0.25) is 0 Å². The third-order valence-corrected chi connectivity index (χ3v) is 8.93. The standard InChI is InChI=1S/C27H38O4/c1-4-26(2,3)24-23(30-15-20-13-28-20)6-5-22(25(24)31-16-21-14-29-21)27-10-17-7-18(11-27)9-19(8-17)12-27/h5-6,17-21H,4,7-16H2,1-3H3. The van der Waals surface area contributed by atoms with Crippen molar-refractivity contribution in [2.45, 2.75) is 88.8 Å². The van der Waals surface area contributed by atoms with E-state index in [0.29, 0.717) is 18.6 Å². The molecule has 4 bridgehead atoms. The average Bonchev–Trinajstić information content (AvgIpc) is 3.64. The van der Waals surface area contributed by atoms with Gasteiger partial charge in [0.15, 0.2) is 0 Å². The van der Waals surface area contributed by atoms with Gasteiger partial charge in [-0.15, -0.1) is 0 Å². The van der Waals surface area contributed by atoms with Gasteiger partial charge in [-0.3, -0.25) is 0 Å². The molecule has 0 radical (unpaired) electrons. The third kappa shape index (κ3) is 3.78. The second-order valence-corrected chi connectivity index (χ2v) is 11.8. The molecule has 7 rings (SSSR count). The molecule has 2 aliphatic heterocycles. The molecular weight excluding hydrogens is 388 g/mol. The summed E-state index contributed by atoms with van der Waals surface area (Å²) in [7, 11) is 0. The van der Waals surface area contributed by atoms with E-state index in [4.69, 9.17) is 18.9 Å². The number of hydrogen-bond acceptors (Lipinski definition) is 4. The molecule has 4 saturated carbocycles. The summed E-state index contributed by atoms with van der Waals surface area (Å²) in [5, 5.41) is 0. The highest BCUT2D eigenvalue weighted by molar-refractivity contribution is 5.57. The van der Waals surface area contributed by atoms with E-state index in [-0.39, 0.29) is 17.6 Å². The molecular formula is C27H38O4. The largest absolute Gasteiger partial charge is 0.490 e. The minimum atomic E-state index is -0.0161. The van der Waals surface area contributed by atoms with Crippen LogP contribution in [0.3, 0.4) is 0 Å². The number of ether oxygens (including phenoxy) is 4. The molecule has 0 N–H and O–H groups in total. The van der Waals surface area contributed by atoms with E-state index >= 15 is 0 Å². The first kappa shape index (κ1) is 20.4. The average molecular weight is 427 g/mol. The molecule has 31 heavy (non-hydrogen) atoms. The molecule has 2 unspecified atom stereocenters. The summed E-state index contributed by atoms with van der Waals surface area (Å²) in [5.74, 6) is 4.85. The van der Waals surface area contributed by atoms with Gasteiger partial charge in [-0.05, 0) is 79.6 Å². The van der Waals surface area contributed by atoms with Gasteiger partial charge >= 0.3 is 0 Å². The van der Waals surface area contributed by atoms with Crippen molar-refractivity contribution in [2.24, 2.45) is 17.8 Å². The number of benzene rings is 1. The van der Waals surface area contributed by atoms with E-state index in [9.17, 15) is 0 Å². The summed E-state index contributed by atoms with van der Waals surface area (Å²) in [4.78, 5) is 0. The van der Waals surface area contributed by atoms with E-state index in [2.05, 4.69) is 32.9 Å². The number of rotatable bonds is 9. The van der Waals surface area contributed by atoms with E-state index < -0.39 is 0 Å². The predicted molar refractivity (Wildman–Crippen MR) is 120 cm³/mol. The van der Waals surface area contributed by atoms with Crippen LogP contribution in [0.15, 0.2) is 12.1 Å². The summed E-state index contributed by atoms with van der Waals surface area (Å²) in [5.41, 5.74) is 3.02. The van der Waals surface area contributed by atoms with Crippen molar-refractivity contribution in [1.29, 1.82) is 0 Å². The molecule has 170 valence electrons. The lowest BCUT2D eigenvalue weighted by molar-refractivity contribution is -0.00660. The first-order valence-corrected chi connectivity index (χ1v) is 12.6. The molecule has 0 amide bonds. The van der Waals surface area contributed by atoms with Crippen LogP contribution >= 0.6 is 0 Å². The highest BCUT2D eigenvalue weighted by atomic mass is 16.6. The zero-order valence-corrected chi connectivity index (χ0v) is 19.5. The van der Waals surface area contributed by atoms with Crippen LogP contribution in [0, 0.1) is 17.8 Å². The summed E-state index contributed by atoms with van der Waals surface area (Å²) in [6, 6.07) is 4.62. The lowest BCUT2D eigenvalue weighted by Gasteiger charge is -2.57. The molecule has 6 fully saturated rings. The van der Waals surface area contributed by atoms with Gasteiger partial charge < -0.3 is 18.9 Å². The lowest BCUT2D eigenvalue weighted by atomic mass is 9.48. The van der Waals surface area contributed by atoms with Gasteiger partial charge in [-0.2, -0.15) is 0 Å². The zero-order chi connectivity index (χ0) is 21.2. The Morgan fingerprint density at radius 2 is 1.45 bits per heavy atom. The summed E-state index contributed by atoms with van der Waals surface area (Å²) < 4.78 is 24.0. The summed E-state index contributed by atoms with van der Waals surface area (Å²) >= 11 is 0. The Bertz CT molecular complexity index is 801. The van der Waals surface area contributed by atoms with E-state index in [1.54, 1.807) is 0 Å². The molecule has 4 nitrogen and oxygen atoms in total. The van der Waals surface area contributed by atoms with Crippen LogP contribution in [0.5, 0.6) is 11.5 Å². The quantitative estimate of drug-likeness (QED) is 0.496. The van der Waals surface area contributed by atoms with Crippen LogP contribution in [-0.4, -0.2) is 38.6 Å². The highest BCUT2D eigenvalue weighted by Crippen LogP contribution is 2.63. The van der Waals surface area contributed by atoms with Gasteiger partial charge in [0.05, 0.1) is 13.2 Å². The zero-order valence-electron chi connectivity index (χ0n) is 19.5. The van der Waals surface area contributed by atoms with Crippen molar-refractivity contribution < 1.29 is 18.9 Å². The minimum Gasteiger partial charge on any atom is -0.490 e. The second-order valence-electron chi connectivity index (χ2n) is 11.8. The molecule has 0 spiro atoms. The molecule has 4 aliphatic carbocycles. The first-order valence-electron chi connectivity index (χ1n) is 12.6. The Morgan fingerprint density at radius 3 is 1.97 bits per heavy atom. The molecule has 2 heterocycles. The normalized spacial score (nSPS) is 37.7. The fourth-order valence-corrected chi connectivity index (χ4v) is 7.20. The Kier molecular flexibility index (Phi) is 4.85. The topological polar surface area (TPSA) is 43.5 Å². The maximum atomic E-state index is 6.70. The monoisotopic (exact) mass is 426 g/mol. The molecule has 0 aromatic heterocycles. The Labute approximate surface area is 187 Å².